The summed E-state index contributed by atoms with van der Waals surface area (Å²) in [5, 5.41) is 0. The van der Waals surface area contributed by atoms with Gasteiger partial charge in [0.1, 0.15) is 0 Å². The van der Waals surface area contributed by atoms with Crippen molar-refractivity contribution in [1.29, 1.82) is 0 Å². The highest BCUT2D eigenvalue weighted by Gasteiger charge is 2.30. The van der Waals surface area contributed by atoms with E-state index in [2.05, 4.69) is 6.58 Å². The zero-order valence-electron chi connectivity index (χ0n) is 13.4. The van der Waals surface area contributed by atoms with Gasteiger partial charge >= 0.3 is 5.97 Å². The molecule has 0 aliphatic heterocycles. The summed E-state index contributed by atoms with van der Waals surface area (Å²) in [6, 6.07) is 19.7. The van der Waals surface area contributed by atoms with Gasteiger partial charge in [-0.05, 0) is 17.5 Å². The zero-order chi connectivity index (χ0) is 16.5. The van der Waals surface area contributed by atoms with E-state index in [1.54, 1.807) is 6.08 Å². The molecule has 23 heavy (non-hydrogen) atoms. The Kier molecular flexibility index (Phi) is 6.57. The number of allylic oxidation sites excluding steroid dienone is 1. The maximum absolute atomic E-state index is 12.2. The van der Waals surface area contributed by atoms with E-state index in [4.69, 9.17) is 9.47 Å². The molecule has 0 saturated carbocycles. The molecule has 3 heteroatoms. The minimum atomic E-state index is -0.413. The Morgan fingerprint density at radius 3 is 2.26 bits per heavy atom. The van der Waals surface area contributed by atoms with E-state index in [1.807, 2.05) is 60.7 Å². The largest absolute Gasteiger partial charge is 0.469 e. The number of hydrogen-bond donors (Lipinski definition) is 0. The Labute approximate surface area is 137 Å². The quantitative estimate of drug-likeness (QED) is 0.538. The molecule has 3 nitrogen and oxygen atoms in total. The Morgan fingerprint density at radius 1 is 1.09 bits per heavy atom. The second-order valence-corrected chi connectivity index (χ2v) is 5.28. The highest BCUT2D eigenvalue weighted by Crippen LogP contribution is 2.31. The first kappa shape index (κ1) is 17.0. The van der Waals surface area contributed by atoms with Gasteiger partial charge in [-0.15, -0.1) is 6.58 Å². The molecule has 0 saturated heterocycles. The molecule has 0 bridgehead atoms. The van der Waals surface area contributed by atoms with Crippen LogP contribution in [0.2, 0.25) is 0 Å². The zero-order valence-corrected chi connectivity index (χ0v) is 13.4. The normalized spacial score (nSPS) is 13.1. The average molecular weight is 310 g/mol. The molecule has 0 N–H and O–H groups in total. The van der Waals surface area contributed by atoms with E-state index in [1.165, 1.54) is 7.11 Å². The molecule has 0 radical (unpaired) electrons. The molecule has 0 heterocycles. The van der Waals surface area contributed by atoms with Crippen LogP contribution in [-0.2, 0) is 20.9 Å². The van der Waals surface area contributed by atoms with E-state index in [9.17, 15) is 4.79 Å². The van der Waals surface area contributed by atoms with Gasteiger partial charge in [-0.2, -0.15) is 0 Å². The van der Waals surface area contributed by atoms with Gasteiger partial charge in [0.05, 0.1) is 25.7 Å². The van der Waals surface area contributed by atoms with Crippen molar-refractivity contribution >= 4 is 5.97 Å². The Hall–Kier alpha value is -2.39. The summed E-state index contributed by atoms with van der Waals surface area (Å²) in [6.45, 7) is 4.18. The van der Waals surface area contributed by atoms with E-state index in [0.29, 0.717) is 13.0 Å². The predicted molar refractivity (Wildman–Crippen MR) is 90.7 cm³/mol. The fourth-order valence-corrected chi connectivity index (χ4v) is 2.52. The van der Waals surface area contributed by atoms with Crippen molar-refractivity contribution < 1.29 is 14.3 Å². The van der Waals surface area contributed by atoms with Gasteiger partial charge in [0.25, 0.3) is 0 Å². The third-order valence-corrected chi connectivity index (χ3v) is 3.69. The lowest BCUT2D eigenvalue weighted by Gasteiger charge is -2.25. The number of rotatable bonds is 8. The molecule has 0 aliphatic carbocycles. The van der Waals surface area contributed by atoms with E-state index < -0.39 is 5.92 Å². The molecule has 0 fully saturated rings. The van der Waals surface area contributed by atoms with Crippen LogP contribution < -0.4 is 0 Å². The number of methoxy groups -OCH3 is 1. The molecule has 2 atom stereocenters. The van der Waals surface area contributed by atoms with Crippen molar-refractivity contribution in [2.45, 2.75) is 19.1 Å². The number of carbonyl (C=O) groups excluding carboxylic acids is 1. The smallest absolute Gasteiger partial charge is 0.311 e. The lowest BCUT2D eigenvalue weighted by Crippen LogP contribution is -2.25. The lowest BCUT2D eigenvalue weighted by atomic mass is 9.92. The Morgan fingerprint density at radius 2 is 1.70 bits per heavy atom. The standard InChI is InChI=1S/C20H22O3/c1-3-10-18(20(21)22-2)19(17-13-8-5-9-14-17)23-15-16-11-6-4-7-12-16/h3-9,11-14,18-19H,1,10,15H2,2H3/t18-,19+/m1/s1. The van der Waals surface area contributed by atoms with E-state index >= 15 is 0 Å². The van der Waals surface area contributed by atoms with Crippen LogP contribution in [-0.4, -0.2) is 13.1 Å². The second kappa shape index (κ2) is 8.91. The van der Waals surface area contributed by atoms with Crippen LogP contribution in [0.5, 0.6) is 0 Å². The van der Waals surface area contributed by atoms with Gasteiger partial charge in [0.2, 0.25) is 0 Å². The van der Waals surface area contributed by atoms with Crippen LogP contribution in [0.3, 0.4) is 0 Å². The van der Waals surface area contributed by atoms with Gasteiger partial charge in [-0.1, -0.05) is 66.7 Å². The summed E-state index contributed by atoms with van der Waals surface area (Å²) < 4.78 is 11.1. The number of esters is 1. The molecule has 2 rings (SSSR count). The summed E-state index contributed by atoms with van der Waals surface area (Å²) in [4.78, 5) is 12.2. The maximum Gasteiger partial charge on any atom is 0.311 e. The molecule has 2 aromatic carbocycles. The molecule has 0 amide bonds. The van der Waals surface area contributed by atoms with Crippen LogP contribution in [0.4, 0.5) is 0 Å². The number of ether oxygens (including phenoxy) is 2. The molecular weight excluding hydrogens is 288 g/mol. The number of carbonyl (C=O) groups is 1. The van der Waals surface area contributed by atoms with Crippen molar-refractivity contribution in [3.05, 3.63) is 84.4 Å². The molecule has 2 aromatic rings. The minimum absolute atomic E-state index is 0.285. The summed E-state index contributed by atoms with van der Waals surface area (Å²) in [5.41, 5.74) is 2.02. The van der Waals surface area contributed by atoms with Crippen LogP contribution in [0.1, 0.15) is 23.7 Å². The highest BCUT2D eigenvalue weighted by molar-refractivity contribution is 5.73. The molecule has 0 aliphatic rings. The fourth-order valence-electron chi connectivity index (χ4n) is 2.52. The van der Waals surface area contributed by atoms with Gasteiger partial charge in [-0.3, -0.25) is 4.79 Å². The topological polar surface area (TPSA) is 35.5 Å². The first-order chi connectivity index (χ1) is 11.3. The predicted octanol–water partition coefficient (Wildman–Crippen LogP) is 4.31. The van der Waals surface area contributed by atoms with Crippen molar-refractivity contribution in [2.75, 3.05) is 7.11 Å². The third-order valence-electron chi connectivity index (χ3n) is 3.69. The molecule has 0 unspecified atom stereocenters. The number of hydrogen-bond acceptors (Lipinski definition) is 3. The average Bonchev–Trinajstić information content (AvgIpc) is 2.62. The molecule has 0 spiro atoms. The van der Waals surface area contributed by atoms with Crippen molar-refractivity contribution in [3.63, 3.8) is 0 Å². The second-order valence-electron chi connectivity index (χ2n) is 5.28. The lowest BCUT2D eigenvalue weighted by molar-refractivity contribution is -0.152. The maximum atomic E-state index is 12.2. The summed E-state index contributed by atoms with van der Waals surface area (Å²) in [6.07, 6.45) is 1.85. The SMILES string of the molecule is C=CC[C@@H](C(=O)OC)[C@@H](OCc1ccccc1)c1ccccc1. The van der Waals surface area contributed by atoms with Crippen molar-refractivity contribution in [2.24, 2.45) is 5.92 Å². The van der Waals surface area contributed by atoms with Gasteiger partial charge in [-0.25, -0.2) is 0 Å². The van der Waals surface area contributed by atoms with Gasteiger partial charge < -0.3 is 9.47 Å². The minimum Gasteiger partial charge on any atom is -0.469 e. The van der Waals surface area contributed by atoms with Crippen LogP contribution in [0.25, 0.3) is 0 Å². The first-order valence-corrected chi connectivity index (χ1v) is 7.65. The Balaban J connectivity index is 2.23. The highest BCUT2D eigenvalue weighted by atomic mass is 16.5. The van der Waals surface area contributed by atoms with Gasteiger partial charge in [0.15, 0.2) is 0 Å². The monoisotopic (exact) mass is 310 g/mol. The summed E-state index contributed by atoms with van der Waals surface area (Å²) in [7, 11) is 1.40. The van der Waals surface area contributed by atoms with Gasteiger partial charge in [0, 0.05) is 0 Å². The van der Waals surface area contributed by atoms with Crippen LogP contribution in [0.15, 0.2) is 73.3 Å². The van der Waals surface area contributed by atoms with E-state index in [-0.39, 0.29) is 12.1 Å². The molecular formula is C20H22O3. The first-order valence-electron chi connectivity index (χ1n) is 7.65. The molecule has 120 valence electrons. The van der Waals surface area contributed by atoms with Crippen molar-refractivity contribution in [1.82, 2.24) is 0 Å². The van der Waals surface area contributed by atoms with Crippen molar-refractivity contribution in [3.8, 4) is 0 Å². The number of benzene rings is 2. The summed E-state index contributed by atoms with van der Waals surface area (Å²) >= 11 is 0. The Bertz CT molecular complexity index is 607. The van der Waals surface area contributed by atoms with E-state index in [0.717, 1.165) is 11.1 Å². The fraction of sp³-hybridized carbons (Fsp3) is 0.250. The van der Waals surface area contributed by atoms with Crippen LogP contribution in [0, 0.1) is 5.92 Å². The third kappa shape index (κ3) is 4.80. The molecule has 0 aromatic heterocycles. The summed E-state index contributed by atoms with van der Waals surface area (Å²) in [5.74, 6) is -0.699. The van der Waals surface area contributed by atoms with Crippen LogP contribution >= 0.6 is 0 Å².